The number of hydrogen-bond donors (Lipinski definition) is 1. The molecular formula is C12H19IN6OS. The first-order valence-electron chi connectivity index (χ1n) is 6.20. The van der Waals surface area contributed by atoms with Crippen molar-refractivity contribution in [3.63, 3.8) is 0 Å². The Kier molecular flexibility index (Phi) is 7.02. The molecule has 0 aliphatic carbocycles. The van der Waals surface area contributed by atoms with Crippen LogP contribution in [0.2, 0.25) is 0 Å². The van der Waals surface area contributed by atoms with Crippen molar-refractivity contribution in [3.8, 4) is 0 Å². The predicted molar refractivity (Wildman–Crippen MR) is 93.0 cm³/mol. The van der Waals surface area contributed by atoms with Crippen LogP contribution in [0.3, 0.4) is 0 Å². The molecule has 2 aromatic heterocycles. The monoisotopic (exact) mass is 422 g/mol. The number of aromatic nitrogens is 3. The van der Waals surface area contributed by atoms with Crippen LogP contribution in [0.4, 0.5) is 0 Å². The first-order chi connectivity index (χ1) is 9.58. The van der Waals surface area contributed by atoms with E-state index >= 15 is 0 Å². The van der Waals surface area contributed by atoms with Gasteiger partial charge < -0.3 is 14.7 Å². The topological polar surface area (TPSA) is 79.4 Å². The lowest BCUT2D eigenvalue weighted by Crippen LogP contribution is -2.38. The van der Waals surface area contributed by atoms with Crippen molar-refractivity contribution >= 4 is 41.3 Å². The van der Waals surface area contributed by atoms with Crippen LogP contribution < -0.4 is 5.32 Å². The van der Waals surface area contributed by atoms with Crippen LogP contribution in [-0.2, 0) is 13.1 Å². The van der Waals surface area contributed by atoms with Crippen LogP contribution in [0, 0.1) is 13.8 Å². The number of nitrogens with one attached hydrogen (secondary N) is 1. The van der Waals surface area contributed by atoms with Gasteiger partial charge in [-0.05, 0) is 6.92 Å². The molecule has 2 rings (SSSR count). The minimum absolute atomic E-state index is 0. The van der Waals surface area contributed by atoms with Gasteiger partial charge in [-0.2, -0.15) is 4.98 Å². The maximum atomic E-state index is 4.93. The van der Waals surface area contributed by atoms with Gasteiger partial charge in [0.15, 0.2) is 11.8 Å². The average Bonchev–Trinajstić information content (AvgIpc) is 2.99. The highest BCUT2D eigenvalue weighted by Gasteiger charge is 2.10. The fourth-order valence-corrected chi connectivity index (χ4v) is 2.36. The molecule has 0 aliphatic rings. The zero-order valence-corrected chi connectivity index (χ0v) is 15.6. The van der Waals surface area contributed by atoms with Crippen molar-refractivity contribution < 1.29 is 4.52 Å². The van der Waals surface area contributed by atoms with E-state index in [-0.39, 0.29) is 24.0 Å². The Morgan fingerprint density at radius 2 is 2.19 bits per heavy atom. The second kappa shape index (κ2) is 8.27. The molecule has 7 nitrogen and oxygen atoms in total. The Balaban J connectivity index is 0.00000220. The summed E-state index contributed by atoms with van der Waals surface area (Å²) in [5.41, 5.74) is 1.04. The van der Waals surface area contributed by atoms with Crippen molar-refractivity contribution in [2.24, 2.45) is 4.99 Å². The Labute approximate surface area is 144 Å². The Morgan fingerprint density at radius 3 is 2.71 bits per heavy atom. The van der Waals surface area contributed by atoms with E-state index in [9.17, 15) is 0 Å². The third-order valence-corrected chi connectivity index (χ3v) is 3.44. The molecule has 21 heavy (non-hydrogen) atoms. The van der Waals surface area contributed by atoms with E-state index in [1.165, 1.54) is 0 Å². The van der Waals surface area contributed by atoms with E-state index in [2.05, 4.69) is 30.8 Å². The molecule has 116 valence electrons. The van der Waals surface area contributed by atoms with Crippen molar-refractivity contribution in [3.05, 3.63) is 27.8 Å². The molecule has 0 amide bonds. The van der Waals surface area contributed by atoms with Crippen LogP contribution in [0.1, 0.15) is 22.4 Å². The quantitative estimate of drug-likeness (QED) is 0.461. The van der Waals surface area contributed by atoms with Gasteiger partial charge in [0.1, 0.15) is 0 Å². The predicted octanol–water partition coefficient (Wildman–Crippen LogP) is 1.97. The molecule has 0 bridgehead atoms. The van der Waals surface area contributed by atoms with Crippen LogP contribution >= 0.6 is 35.3 Å². The van der Waals surface area contributed by atoms with Gasteiger partial charge in [-0.3, -0.25) is 4.99 Å². The molecule has 0 unspecified atom stereocenters. The molecule has 9 heteroatoms. The number of nitrogens with zero attached hydrogens (tertiary/aromatic N) is 5. The van der Waals surface area contributed by atoms with Gasteiger partial charge in [0.05, 0.1) is 23.8 Å². The molecule has 0 aliphatic heterocycles. The lowest BCUT2D eigenvalue weighted by Gasteiger charge is -2.20. The number of hydrogen-bond acceptors (Lipinski definition) is 6. The van der Waals surface area contributed by atoms with E-state index in [0.717, 1.165) is 16.7 Å². The van der Waals surface area contributed by atoms with Crippen LogP contribution in [0.5, 0.6) is 0 Å². The number of rotatable bonds is 4. The summed E-state index contributed by atoms with van der Waals surface area (Å²) < 4.78 is 4.93. The Hall–Kier alpha value is -1.23. The summed E-state index contributed by atoms with van der Waals surface area (Å²) in [4.78, 5) is 14.8. The molecule has 2 aromatic rings. The smallest absolute Gasteiger partial charge is 0.223 e. The zero-order chi connectivity index (χ0) is 14.5. The molecule has 0 aromatic carbocycles. The molecular weight excluding hydrogens is 403 g/mol. The molecule has 0 radical (unpaired) electrons. The number of aryl methyl sites for hydroxylation is 2. The number of guanidine groups is 1. The summed E-state index contributed by atoms with van der Waals surface area (Å²) in [6.07, 6.45) is 0. The normalized spacial score (nSPS) is 11.1. The highest BCUT2D eigenvalue weighted by atomic mass is 127. The largest absolute Gasteiger partial charge is 0.349 e. The third-order valence-electron chi connectivity index (χ3n) is 2.61. The molecule has 0 saturated carbocycles. The highest BCUT2D eigenvalue weighted by Crippen LogP contribution is 2.09. The molecule has 2 heterocycles. The first-order valence-corrected chi connectivity index (χ1v) is 7.08. The van der Waals surface area contributed by atoms with Crippen molar-refractivity contribution in [2.75, 3.05) is 14.1 Å². The van der Waals surface area contributed by atoms with E-state index in [4.69, 9.17) is 4.52 Å². The summed E-state index contributed by atoms with van der Waals surface area (Å²) in [5.74, 6) is 1.93. The summed E-state index contributed by atoms with van der Waals surface area (Å²) in [7, 11) is 3.71. The second-order valence-corrected chi connectivity index (χ2v) is 5.41. The van der Waals surface area contributed by atoms with E-state index in [0.29, 0.717) is 24.8 Å². The number of halogens is 1. The lowest BCUT2D eigenvalue weighted by atomic mass is 10.4. The van der Waals surface area contributed by atoms with Crippen LogP contribution in [-0.4, -0.2) is 40.1 Å². The van der Waals surface area contributed by atoms with E-state index in [1.807, 2.05) is 18.9 Å². The fraction of sp³-hybridized carbons (Fsp3) is 0.500. The summed E-state index contributed by atoms with van der Waals surface area (Å²) in [5, 5.41) is 10.2. The minimum Gasteiger partial charge on any atom is -0.349 e. The molecule has 0 atom stereocenters. The fourth-order valence-electron chi connectivity index (χ4n) is 1.75. The van der Waals surface area contributed by atoms with Gasteiger partial charge >= 0.3 is 0 Å². The maximum absolute atomic E-state index is 4.93. The van der Waals surface area contributed by atoms with Gasteiger partial charge in [0.25, 0.3) is 0 Å². The van der Waals surface area contributed by atoms with Gasteiger partial charge in [0, 0.05) is 26.4 Å². The molecule has 0 spiro atoms. The van der Waals surface area contributed by atoms with Gasteiger partial charge in [0.2, 0.25) is 5.89 Å². The van der Waals surface area contributed by atoms with Crippen molar-refractivity contribution in [1.82, 2.24) is 25.3 Å². The van der Waals surface area contributed by atoms with E-state index in [1.54, 1.807) is 25.3 Å². The van der Waals surface area contributed by atoms with Crippen molar-refractivity contribution in [1.29, 1.82) is 0 Å². The molecule has 1 N–H and O–H groups in total. The van der Waals surface area contributed by atoms with Crippen LogP contribution in [0.15, 0.2) is 14.9 Å². The summed E-state index contributed by atoms with van der Waals surface area (Å²) in [6.45, 7) is 4.95. The average molecular weight is 422 g/mol. The highest BCUT2D eigenvalue weighted by molar-refractivity contribution is 14.0. The lowest BCUT2D eigenvalue weighted by molar-refractivity contribution is 0.386. The van der Waals surface area contributed by atoms with Gasteiger partial charge in [-0.25, -0.2) is 4.98 Å². The number of aliphatic imine (C=N–C) groups is 1. The minimum atomic E-state index is 0. The third kappa shape index (κ3) is 5.23. The van der Waals surface area contributed by atoms with Gasteiger partial charge in [-0.1, -0.05) is 5.16 Å². The Morgan fingerprint density at radius 1 is 1.43 bits per heavy atom. The molecule has 0 saturated heterocycles. The Bertz CT molecular complexity index is 596. The van der Waals surface area contributed by atoms with Gasteiger partial charge in [-0.15, -0.1) is 35.3 Å². The maximum Gasteiger partial charge on any atom is 0.223 e. The first kappa shape index (κ1) is 17.8. The molecule has 0 fully saturated rings. The SMILES string of the molecule is CN=C(NCc1noc(C)n1)N(C)Cc1csc(C)n1.I. The van der Waals surface area contributed by atoms with Crippen molar-refractivity contribution in [2.45, 2.75) is 26.9 Å². The summed E-state index contributed by atoms with van der Waals surface area (Å²) >= 11 is 1.65. The second-order valence-electron chi connectivity index (χ2n) is 4.34. The zero-order valence-electron chi connectivity index (χ0n) is 12.5. The summed E-state index contributed by atoms with van der Waals surface area (Å²) in [6, 6.07) is 0. The number of thiazole rings is 1. The standard InChI is InChI=1S/C12H18N6OS.HI/c1-8-15-11(17-19-8)5-14-12(13-3)18(4)6-10-7-20-9(2)16-10;/h7H,5-6H2,1-4H3,(H,13,14);1H. The van der Waals surface area contributed by atoms with Crippen LogP contribution in [0.25, 0.3) is 0 Å². The van der Waals surface area contributed by atoms with E-state index < -0.39 is 0 Å².